The van der Waals surface area contributed by atoms with Gasteiger partial charge >= 0.3 is 5.97 Å². The number of sulfonamides is 1. The van der Waals surface area contributed by atoms with Gasteiger partial charge in [0, 0.05) is 24.0 Å². The fraction of sp³-hybridized carbons (Fsp3) is 0.353. The lowest BCUT2D eigenvalue weighted by molar-refractivity contribution is -0.152. The van der Waals surface area contributed by atoms with Gasteiger partial charge in [-0.3, -0.25) is 14.3 Å². The molecule has 146 valence electrons. The number of amides is 1. The van der Waals surface area contributed by atoms with Crippen molar-refractivity contribution in [2.24, 2.45) is 12.2 Å². The van der Waals surface area contributed by atoms with E-state index in [1.807, 2.05) is 6.92 Å². The van der Waals surface area contributed by atoms with Crippen LogP contribution in [0.3, 0.4) is 0 Å². The summed E-state index contributed by atoms with van der Waals surface area (Å²) in [6.45, 7) is 5.07. The number of carbonyl (C=O) groups is 2. The van der Waals surface area contributed by atoms with E-state index in [1.165, 1.54) is 31.2 Å². The highest BCUT2D eigenvalue weighted by Gasteiger charge is 2.21. The summed E-state index contributed by atoms with van der Waals surface area (Å²) in [7, 11) is -2.11. The Kier molecular flexibility index (Phi) is 6.01. The molecule has 1 unspecified atom stereocenters. The van der Waals surface area contributed by atoms with Gasteiger partial charge in [0.15, 0.2) is 6.10 Å². The summed E-state index contributed by atoms with van der Waals surface area (Å²) in [6.07, 6.45) is -1.06. The number of aromatic nitrogens is 2. The zero-order chi connectivity index (χ0) is 20.4. The molecular formula is C17H22N4O5S. The smallest absolute Gasteiger partial charge is 0.311 e. The number of nitrogens with two attached hydrogens (primary N) is 1. The number of carbonyl (C=O) groups excluding carboxylic acids is 2. The number of ether oxygens (including phenoxy) is 1. The van der Waals surface area contributed by atoms with Crippen LogP contribution in [0.1, 0.15) is 23.9 Å². The highest BCUT2D eigenvalue weighted by atomic mass is 32.2. The largest absolute Gasteiger partial charge is 0.452 e. The number of anilines is 1. The van der Waals surface area contributed by atoms with Crippen molar-refractivity contribution in [2.45, 2.75) is 38.2 Å². The predicted octanol–water partition coefficient (Wildman–Crippen LogP) is 0.797. The monoisotopic (exact) mass is 394 g/mol. The van der Waals surface area contributed by atoms with Crippen LogP contribution < -0.4 is 10.5 Å². The minimum absolute atomic E-state index is 0.00400. The number of esters is 1. The van der Waals surface area contributed by atoms with Crippen molar-refractivity contribution >= 4 is 27.6 Å². The third-order valence-electron chi connectivity index (χ3n) is 4.09. The molecule has 0 bridgehead atoms. The first-order chi connectivity index (χ1) is 12.5. The van der Waals surface area contributed by atoms with E-state index in [1.54, 1.807) is 18.7 Å². The summed E-state index contributed by atoms with van der Waals surface area (Å²) in [5, 5.41) is 11.8. The Hall–Kier alpha value is -2.72. The molecule has 2 rings (SSSR count). The van der Waals surface area contributed by atoms with Crippen LogP contribution in [0.4, 0.5) is 5.69 Å². The van der Waals surface area contributed by atoms with Crippen molar-refractivity contribution in [1.29, 1.82) is 0 Å². The highest BCUT2D eigenvalue weighted by molar-refractivity contribution is 7.89. The van der Waals surface area contributed by atoms with E-state index >= 15 is 0 Å². The molecular weight excluding hydrogens is 372 g/mol. The molecule has 0 fully saturated rings. The van der Waals surface area contributed by atoms with Gasteiger partial charge in [0.05, 0.1) is 17.0 Å². The number of nitrogens with one attached hydrogen (secondary N) is 1. The maximum absolute atomic E-state index is 12.2. The zero-order valence-electron chi connectivity index (χ0n) is 15.5. The van der Waals surface area contributed by atoms with Gasteiger partial charge in [-0.05, 0) is 39.0 Å². The van der Waals surface area contributed by atoms with E-state index in [0.29, 0.717) is 0 Å². The summed E-state index contributed by atoms with van der Waals surface area (Å²) in [6, 6.07) is 5.49. The first kappa shape index (κ1) is 20.6. The van der Waals surface area contributed by atoms with Gasteiger partial charge < -0.3 is 10.1 Å². The molecule has 1 aromatic heterocycles. The van der Waals surface area contributed by atoms with Gasteiger partial charge in [0.1, 0.15) is 0 Å². The normalized spacial score (nSPS) is 12.5. The third-order valence-corrected chi connectivity index (χ3v) is 5.00. The summed E-state index contributed by atoms with van der Waals surface area (Å²) in [4.78, 5) is 24.2. The number of nitrogens with zero attached hydrogens (tertiary/aromatic N) is 2. The molecule has 1 amide bonds. The standard InChI is InChI=1S/C17H22N4O5S/c1-10-15(11(2)21(4)20-10)9-16(22)26-12(3)17(23)19-13-6-5-7-14(8-13)27(18,24)25/h5-8,12H,9H2,1-4H3,(H,19,23)(H2,18,24,25). The lowest BCUT2D eigenvalue weighted by Crippen LogP contribution is -2.30. The van der Waals surface area contributed by atoms with Crippen LogP contribution >= 0.6 is 0 Å². The average Bonchev–Trinajstić information content (AvgIpc) is 2.80. The van der Waals surface area contributed by atoms with Crippen molar-refractivity contribution in [3.8, 4) is 0 Å². The molecule has 1 heterocycles. The van der Waals surface area contributed by atoms with E-state index < -0.39 is 28.0 Å². The van der Waals surface area contributed by atoms with Crippen LogP contribution in [0.15, 0.2) is 29.2 Å². The molecule has 1 aromatic carbocycles. The summed E-state index contributed by atoms with van der Waals surface area (Å²) < 4.78 is 29.6. The molecule has 0 spiro atoms. The van der Waals surface area contributed by atoms with Crippen LogP contribution in [-0.2, 0) is 37.8 Å². The molecule has 2 aromatic rings. The Labute approximate surface area is 157 Å². The molecule has 0 aliphatic carbocycles. The molecule has 0 radical (unpaired) electrons. The van der Waals surface area contributed by atoms with Crippen molar-refractivity contribution < 1.29 is 22.7 Å². The van der Waals surface area contributed by atoms with E-state index in [9.17, 15) is 18.0 Å². The first-order valence-corrected chi connectivity index (χ1v) is 9.66. The van der Waals surface area contributed by atoms with Crippen LogP contribution in [0.5, 0.6) is 0 Å². The number of primary sulfonamides is 1. The van der Waals surface area contributed by atoms with E-state index in [4.69, 9.17) is 9.88 Å². The lowest BCUT2D eigenvalue weighted by Gasteiger charge is -2.14. The quantitative estimate of drug-likeness (QED) is 0.696. The maximum atomic E-state index is 12.2. The lowest BCUT2D eigenvalue weighted by atomic mass is 10.1. The number of rotatable bonds is 6. The van der Waals surface area contributed by atoms with Crippen LogP contribution in [0, 0.1) is 13.8 Å². The maximum Gasteiger partial charge on any atom is 0.311 e. The Morgan fingerprint density at radius 2 is 2.00 bits per heavy atom. The Bertz CT molecular complexity index is 981. The second kappa shape index (κ2) is 7.89. The summed E-state index contributed by atoms with van der Waals surface area (Å²) >= 11 is 0. The molecule has 9 nitrogen and oxygen atoms in total. The third kappa shape index (κ3) is 5.14. The molecule has 27 heavy (non-hydrogen) atoms. The minimum atomic E-state index is -3.89. The van der Waals surface area contributed by atoms with Gasteiger partial charge in [0.2, 0.25) is 10.0 Å². The predicted molar refractivity (Wildman–Crippen MR) is 98.4 cm³/mol. The molecule has 1 atom stereocenters. The topological polar surface area (TPSA) is 133 Å². The zero-order valence-corrected chi connectivity index (χ0v) is 16.3. The number of hydrogen-bond donors (Lipinski definition) is 2. The van der Waals surface area contributed by atoms with Crippen molar-refractivity contribution in [1.82, 2.24) is 9.78 Å². The molecule has 0 saturated heterocycles. The number of benzene rings is 1. The van der Waals surface area contributed by atoms with E-state index in [2.05, 4.69) is 10.4 Å². The van der Waals surface area contributed by atoms with Crippen LogP contribution in [0.2, 0.25) is 0 Å². The molecule has 10 heteroatoms. The SMILES string of the molecule is Cc1nn(C)c(C)c1CC(=O)OC(C)C(=O)Nc1cccc(S(N)(=O)=O)c1. The molecule has 0 aliphatic rings. The van der Waals surface area contributed by atoms with Crippen molar-refractivity contribution in [3.05, 3.63) is 41.2 Å². The highest BCUT2D eigenvalue weighted by Crippen LogP contribution is 2.16. The fourth-order valence-electron chi connectivity index (χ4n) is 2.50. The van der Waals surface area contributed by atoms with Crippen LogP contribution in [-0.4, -0.2) is 36.2 Å². The Morgan fingerprint density at radius 1 is 1.33 bits per heavy atom. The molecule has 3 N–H and O–H groups in total. The summed E-state index contributed by atoms with van der Waals surface area (Å²) in [5.41, 5.74) is 2.56. The number of aryl methyl sites for hydroxylation is 2. The number of hydrogen-bond acceptors (Lipinski definition) is 6. The van der Waals surface area contributed by atoms with Gasteiger partial charge in [-0.2, -0.15) is 5.10 Å². The summed E-state index contributed by atoms with van der Waals surface area (Å²) in [5.74, 6) is -1.15. The van der Waals surface area contributed by atoms with Gasteiger partial charge in [-0.25, -0.2) is 13.6 Å². The second-order valence-electron chi connectivity index (χ2n) is 6.14. The fourth-order valence-corrected chi connectivity index (χ4v) is 3.06. The van der Waals surface area contributed by atoms with E-state index in [-0.39, 0.29) is 17.0 Å². The Morgan fingerprint density at radius 3 is 2.56 bits per heavy atom. The minimum Gasteiger partial charge on any atom is -0.452 e. The first-order valence-electron chi connectivity index (χ1n) is 8.11. The Balaban J connectivity index is 2.00. The van der Waals surface area contributed by atoms with Gasteiger partial charge in [0.25, 0.3) is 5.91 Å². The van der Waals surface area contributed by atoms with Crippen LogP contribution in [0.25, 0.3) is 0 Å². The molecule has 0 saturated carbocycles. The van der Waals surface area contributed by atoms with Crippen molar-refractivity contribution in [3.63, 3.8) is 0 Å². The van der Waals surface area contributed by atoms with Gasteiger partial charge in [-0.15, -0.1) is 0 Å². The van der Waals surface area contributed by atoms with Gasteiger partial charge in [-0.1, -0.05) is 6.07 Å². The van der Waals surface area contributed by atoms with Crippen molar-refractivity contribution in [2.75, 3.05) is 5.32 Å². The molecule has 0 aliphatic heterocycles. The second-order valence-corrected chi connectivity index (χ2v) is 7.71. The van der Waals surface area contributed by atoms with E-state index in [0.717, 1.165) is 17.0 Å². The average molecular weight is 394 g/mol.